The minimum atomic E-state index is -0.832. The van der Waals surface area contributed by atoms with Crippen molar-refractivity contribution in [3.63, 3.8) is 0 Å². The Balaban J connectivity index is 2.17. The summed E-state index contributed by atoms with van der Waals surface area (Å²) >= 11 is 0. The third-order valence-corrected chi connectivity index (χ3v) is 2.55. The van der Waals surface area contributed by atoms with E-state index in [1.54, 1.807) is 12.1 Å². The molecule has 0 aliphatic heterocycles. The number of halogens is 2. The smallest absolute Gasteiger partial charge is 0.274 e. The fourth-order valence-electron chi connectivity index (χ4n) is 1.65. The maximum Gasteiger partial charge on any atom is 0.274 e. The van der Waals surface area contributed by atoms with E-state index in [0.29, 0.717) is 12.6 Å². The maximum atomic E-state index is 13.4. The lowest BCUT2D eigenvalue weighted by Gasteiger charge is -2.07. The Kier molecular flexibility index (Phi) is 4.24. The first kappa shape index (κ1) is 13.9. The molecule has 0 atom stereocenters. The van der Waals surface area contributed by atoms with Gasteiger partial charge >= 0.3 is 0 Å². The number of benzene rings is 1. The Labute approximate surface area is 114 Å². The number of rotatable bonds is 4. The molecule has 2 rings (SSSR count). The third kappa shape index (κ3) is 3.28. The van der Waals surface area contributed by atoms with Crippen LogP contribution >= 0.6 is 0 Å². The van der Waals surface area contributed by atoms with E-state index >= 15 is 0 Å². The molecule has 0 bridgehead atoms. The van der Waals surface area contributed by atoms with Crippen molar-refractivity contribution in [1.29, 1.82) is 0 Å². The highest BCUT2D eigenvalue weighted by Crippen LogP contribution is 2.16. The second kappa shape index (κ2) is 6.10. The van der Waals surface area contributed by atoms with Gasteiger partial charge in [-0.3, -0.25) is 9.78 Å². The van der Waals surface area contributed by atoms with E-state index in [9.17, 15) is 13.6 Å². The number of hydrogen-bond acceptors (Lipinski definition) is 3. The number of anilines is 2. The summed E-state index contributed by atoms with van der Waals surface area (Å²) in [5, 5.41) is 5.39. The molecule has 4 nitrogen and oxygen atoms in total. The van der Waals surface area contributed by atoms with Gasteiger partial charge in [-0.05, 0) is 31.2 Å². The molecule has 20 heavy (non-hydrogen) atoms. The first-order valence-corrected chi connectivity index (χ1v) is 6.06. The molecule has 1 aromatic heterocycles. The summed E-state index contributed by atoms with van der Waals surface area (Å²) in [5.74, 6) is -2.09. The van der Waals surface area contributed by atoms with Gasteiger partial charge in [0.1, 0.15) is 17.3 Å². The van der Waals surface area contributed by atoms with Crippen LogP contribution in [0, 0.1) is 11.6 Å². The van der Waals surface area contributed by atoms with Crippen LogP contribution in [0.15, 0.2) is 36.5 Å². The summed E-state index contributed by atoms with van der Waals surface area (Å²) in [6.07, 6.45) is 1.48. The second-order valence-electron chi connectivity index (χ2n) is 4.04. The minimum Gasteiger partial charge on any atom is -0.385 e. The molecular weight excluding hydrogens is 264 g/mol. The Morgan fingerprint density at radius 3 is 2.75 bits per heavy atom. The zero-order valence-electron chi connectivity index (χ0n) is 10.8. The monoisotopic (exact) mass is 277 g/mol. The average Bonchev–Trinajstić information content (AvgIpc) is 2.42. The fraction of sp³-hybridized carbons (Fsp3) is 0.143. The van der Waals surface area contributed by atoms with Gasteiger partial charge in [-0.15, -0.1) is 0 Å². The summed E-state index contributed by atoms with van der Waals surface area (Å²) in [6.45, 7) is 2.63. The molecule has 0 fully saturated rings. The zero-order valence-corrected chi connectivity index (χ0v) is 10.8. The largest absolute Gasteiger partial charge is 0.385 e. The highest BCUT2D eigenvalue weighted by Gasteiger charge is 2.11. The molecule has 0 saturated heterocycles. The molecular formula is C14H13F2N3O. The Bertz CT molecular complexity index is 632. The van der Waals surface area contributed by atoms with Crippen molar-refractivity contribution in [2.45, 2.75) is 6.92 Å². The number of hydrogen-bond donors (Lipinski definition) is 2. The number of carbonyl (C=O) groups excluding carboxylic acids is 1. The molecule has 2 N–H and O–H groups in total. The molecule has 6 heteroatoms. The molecule has 0 aliphatic carbocycles. The third-order valence-electron chi connectivity index (χ3n) is 2.55. The molecule has 0 saturated carbocycles. The Morgan fingerprint density at radius 2 is 2.05 bits per heavy atom. The molecule has 1 aromatic carbocycles. The van der Waals surface area contributed by atoms with Gasteiger partial charge < -0.3 is 10.6 Å². The summed E-state index contributed by atoms with van der Waals surface area (Å²) in [7, 11) is 0. The van der Waals surface area contributed by atoms with Crippen molar-refractivity contribution < 1.29 is 13.6 Å². The SMILES string of the molecule is CCNc1ccnc(C(=O)Nc2ccc(F)cc2F)c1. The van der Waals surface area contributed by atoms with Gasteiger partial charge in [0.2, 0.25) is 0 Å². The number of carbonyl (C=O) groups is 1. The van der Waals surface area contributed by atoms with Crippen LogP contribution < -0.4 is 10.6 Å². The molecule has 104 valence electrons. The van der Waals surface area contributed by atoms with Crippen molar-refractivity contribution in [2.75, 3.05) is 17.2 Å². The van der Waals surface area contributed by atoms with Crippen LogP contribution in [0.1, 0.15) is 17.4 Å². The number of nitrogens with one attached hydrogen (secondary N) is 2. The molecule has 1 heterocycles. The van der Waals surface area contributed by atoms with E-state index in [0.717, 1.165) is 17.8 Å². The number of nitrogens with zero attached hydrogens (tertiary/aromatic N) is 1. The van der Waals surface area contributed by atoms with Gasteiger partial charge in [-0.1, -0.05) is 0 Å². The maximum absolute atomic E-state index is 13.4. The van der Waals surface area contributed by atoms with Crippen LogP contribution in [0.3, 0.4) is 0 Å². The van der Waals surface area contributed by atoms with Crippen LogP contribution in [0.4, 0.5) is 20.2 Å². The van der Waals surface area contributed by atoms with Gasteiger partial charge in [0.05, 0.1) is 5.69 Å². The average molecular weight is 277 g/mol. The summed E-state index contributed by atoms with van der Waals surface area (Å²) in [4.78, 5) is 15.9. The van der Waals surface area contributed by atoms with E-state index in [2.05, 4.69) is 15.6 Å². The van der Waals surface area contributed by atoms with E-state index in [4.69, 9.17) is 0 Å². The van der Waals surface area contributed by atoms with E-state index in [1.807, 2.05) is 6.92 Å². The van der Waals surface area contributed by atoms with E-state index < -0.39 is 17.5 Å². The number of amides is 1. The number of pyridine rings is 1. The quantitative estimate of drug-likeness (QED) is 0.903. The minimum absolute atomic E-state index is 0.0907. The van der Waals surface area contributed by atoms with E-state index in [1.165, 1.54) is 6.20 Å². The van der Waals surface area contributed by atoms with Gasteiger partial charge in [0.25, 0.3) is 5.91 Å². The van der Waals surface area contributed by atoms with Crippen molar-refractivity contribution in [3.05, 3.63) is 53.9 Å². The summed E-state index contributed by atoms with van der Waals surface area (Å²) in [6, 6.07) is 6.22. The highest BCUT2D eigenvalue weighted by atomic mass is 19.1. The molecule has 1 amide bonds. The second-order valence-corrected chi connectivity index (χ2v) is 4.04. The predicted molar refractivity (Wildman–Crippen MR) is 72.7 cm³/mol. The fourth-order valence-corrected chi connectivity index (χ4v) is 1.65. The van der Waals surface area contributed by atoms with Crippen molar-refractivity contribution in [2.24, 2.45) is 0 Å². The lowest BCUT2D eigenvalue weighted by molar-refractivity contribution is 0.102. The predicted octanol–water partition coefficient (Wildman–Crippen LogP) is 3.04. The van der Waals surface area contributed by atoms with Crippen LogP contribution in [0.5, 0.6) is 0 Å². The summed E-state index contributed by atoms with van der Waals surface area (Å²) < 4.78 is 26.2. The normalized spacial score (nSPS) is 10.2. The van der Waals surface area contributed by atoms with Gasteiger partial charge in [0, 0.05) is 24.5 Å². The molecule has 2 aromatic rings. The lowest BCUT2D eigenvalue weighted by Crippen LogP contribution is -2.15. The highest BCUT2D eigenvalue weighted by molar-refractivity contribution is 6.03. The molecule has 0 unspecified atom stereocenters. The number of aromatic nitrogens is 1. The van der Waals surface area contributed by atoms with Crippen LogP contribution in [0.25, 0.3) is 0 Å². The lowest BCUT2D eigenvalue weighted by atomic mass is 10.2. The van der Waals surface area contributed by atoms with Gasteiger partial charge in [0.15, 0.2) is 0 Å². The molecule has 0 spiro atoms. The van der Waals surface area contributed by atoms with Crippen molar-refractivity contribution >= 4 is 17.3 Å². The first-order valence-electron chi connectivity index (χ1n) is 6.06. The van der Waals surface area contributed by atoms with Crippen molar-refractivity contribution in [3.8, 4) is 0 Å². The van der Waals surface area contributed by atoms with Gasteiger partial charge in [-0.2, -0.15) is 0 Å². The molecule has 0 aliphatic rings. The Morgan fingerprint density at radius 1 is 1.25 bits per heavy atom. The standard InChI is InChI=1S/C14H13F2N3O/c1-2-17-10-5-6-18-13(8-10)14(20)19-12-4-3-9(15)7-11(12)16/h3-8H,2H2,1H3,(H,17,18)(H,19,20). The van der Waals surface area contributed by atoms with E-state index in [-0.39, 0.29) is 11.4 Å². The Hall–Kier alpha value is -2.50. The van der Waals surface area contributed by atoms with Crippen molar-refractivity contribution in [1.82, 2.24) is 4.98 Å². The zero-order chi connectivity index (χ0) is 14.5. The molecule has 0 radical (unpaired) electrons. The van der Waals surface area contributed by atoms with Crippen LogP contribution in [-0.2, 0) is 0 Å². The van der Waals surface area contributed by atoms with Gasteiger partial charge in [-0.25, -0.2) is 8.78 Å². The van der Waals surface area contributed by atoms with Crippen LogP contribution in [0.2, 0.25) is 0 Å². The van der Waals surface area contributed by atoms with Crippen LogP contribution in [-0.4, -0.2) is 17.4 Å². The summed E-state index contributed by atoms with van der Waals surface area (Å²) in [5.41, 5.74) is 0.798. The topological polar surface area (TPSA) is 54.0 Å². The first-order chi connectivity index (χ1) is 9.60.